The number of nitrogens with zero attached hydrogens (tertiary/aromatic N) is 1. The van der Waals surface area contributed by atoms with Crippen molar-refractivity contribution in [2.45, 2.75) is 38.3 Å². The minimum absolute atomic E-state index is 0.673. The van der Waals surface area contributed by atoms with E-state index in [9.17, 15) is 5.26 Å². The molecule has 2 aromatic carbocycles. The van der Waals surface area contributed by atoms with Crippen LogP contribution in [0.25, 0.3) is 6.08 Å². The fourth-order valence-corrected chi connectivity index (χ4v) is 9.35. The molecule has 2 heterocycles. The van der Waals surface area contributed by atoms with Crippen molar-refractivity contribution in [3.05, 3.63) is 55.4 Å². The smallest absolute Gasteiger partial charge is 0.149 e. The summed E-state index contributed by atoms with van der Waals surface area (Å²) in [7, 11) is 3.42. The SMILES string of the molecule is C=Cc1ccc(SC(C#N)=C2Sc3c(OC)c4c(c(OC)c3S2)SC(=C(C)C)S4)cc1. The van der Waals surface area contributed by atoms with Crippen molar-refractivity contribution in [3.63, 3.8) is 0 Å². The third kappa shape index (κ3) is 4.27. The highest BCUT2D eigenvalue weighted by Gasteiger charge is 2.37. The molecule has 0 amide bonds. The molecule has 2 aliphatic rings. The van der Waals surface area contributed by atoms with Crippen molar-refractivity contribution in [2.75, 3.05) is 14.2 Å². The lowest BCUT2D eigenvalue weighted by Crippen LogP contribution is -1.94. The van der Waals surface area contributed by atoms with Crippen molar-refractivity contribution < 1.29 is 9.47 Å². The second-order valence-corrected chi connectivity index (χ2v) is 12.4. The van der Waals surface area contributed by atoms with E-state index < -0.39 is 0 Å². The van der Waals surface area contributed by atoms with Gasteiger partial charge in [-0.3, -0.25) is 0 Å². The number of hydrogen-bond acceptors (Lipinski definition) is 8. The topological polar surface area (TPSA) is 42.2 Å². The molecule has 31 heavy (non-hydrogen) atoms. The average Bonchev–Trinajstić information content (AvgIpc) is 3.41. The molecule has 8 heteroatoms. The molecule has 0 fully saturated rings. The summed E-state index contributed by atoms with van der Waals surface area (Å²) in [6.07, 6.45) is 1.81. The van der Waals surface area contributed by atoms with Gasteiger partial charge in [-0.05, 0) is 31.5 Å². The highest BCUT2D eigenvalue weighted by molar-refractivity contribution is 8.26. The van der Waals surface area contributed by atoms with E-state index in [0.29, 0.717) is 4.91 Å². The zero-order valence-corrected chi connectivity index (χ0v) is 21.5. The summed E-state index contributed by atoms with van der Waals surface area (Å²) < 4.78 is 13.9. The second kappa shape index (κ2) is 9.55. The Kier molecular flexibility index (Phi) is 6.99. The van der Waals surface area contributed by atoms with Crippen LogP contribution in [-0.2, 0) is 0 Å². The van der Waals surface area contributed by atoms with Gasteiger partial charge in [-0.15, -0.1) is 0 Å². The van der Waals surface area contributed by atoms with Crippen LogP contribution >= 0.6 is 58.8 Å². The van der Waals surface area contributed by atoms with Crippen LogP contribution in [0.4, 0.5) is 0 Å². The van der Waals surface area contributed by atoms with Crippen molar-refractivity contribution in [2.24, 2.45) is 0 Å². The first kappa shape index (κ1) is 22.7. The molecule has 0 aliphatic carbocycles. The van der Waals surface area contributed by atoms with Gasteiger partial charge in [0.1, 0.15) is 22.5 Å². The summed E-state index contributed by atoms with van der Waals surface area (Å²) in [5, 5.41) is 9.89. The summed E-state index contributed by atoms with van der Waals surface area (Å²) in [5.41, 5.74) is 2.34. The Labute approximate surface area is 204 Å². The maximum absolute atomic E-state index is 9.89. The number of benzene rings is 2. The molecule has 0 aromatic heterocycles. The first-order valence-electron chi connectivity index (χ1n) is 9.26. The second-order valence-electron chi connectivity index (χ2n) is 6.68. The lowest BCUT2D eigenvalue weighted by Gasteiger charge is -2.14. The molecule has 0 saturated carbocycles. The number of fused-ring (bicyclic) bond motifs is 2. The number of rotatable bonds is 5. The number of nitriles is 1. The zero-order chi connectivity index (χ0) is 22.1. The van der Waals surface area contributed by atoms with Crippen LogP contribution in [0, 0.1) is 11.3 Å². The van der Waals surface area contributed by atoms with Gasteiger partial charge in [-0.1, -0.05) is 89.2 Å². The van der Waals surface area contributed by atoms with Crippen LogP contribution in [0.2, 0.25) is 0 Å². The molecular formula is C23H19NO2S5. The number of allylic oxidation sites excluding steroid dienone is 2. The van der Waals surface area contributed by atoms with Gasteiger partial charge < -0.3 is 9.47 Å². The monoisotopic (exact) mass is 501 g/mol. The zero-order valence-electron chi connectivity index (χ0n) is 17.4. The van der Waals surface area contributed by atoms with E-state index in [1.807, 2.05) is 30.3 Å². The van der Waals surface area contributed by atoms with Crippen LogP contribution in [0.3, 0.4) is 0 Å². The highest BCUT2D eigenvalue weighted by atomic mass is 32.2. The van der Waals surface area contributed by atoms with E-state index in [2.05, 4.69) is 26.5 Å². The summed E-state index contributed by atoms with van der Waals surface area (Å²) in [5.74, 6) is 1.73. The highest BCUT2D eigenvalue weighted by Crippen LogP contribution is 2.68. The van der Waals surface area contributed by atoms with Gasteiger partial charge in [-0.25, -0.2) is 0 Å². The minimum Gasteiger partial charge on any atom is -0.494 e. The van der Waals surface area contributed by atoms with E-state index >= 15 is 0 Å². The summed E-state index contributed by atoms with van der Waals surface area (Å²) in [4.78, 5) is 5.94. The van der Waals surface area contributed by atoms with Gasteiger partial charge in [0.2, 0.25) is 0 Å². The Morgan fingerprint density at radius 1 is 0.903 bits per heavy atom. The maximum atomic E-state index is 9.89. The molecule has 2 aromatic rings. The maximum Gasteiger partial charge on any atom is 0.149 e. The van der Waals surface area contributed by atoms with Gasteiger partial charge in [0.05, 0.1) is 38.0 Å². The first-order chi connectivity index (χ1) is 15.0. The van der Waals surface area contributed by atoms with E-state index in [4.69, 9.17) is 9.47 Å². The van der Waals surface area contributed by atoms with Gasteiger partial charge in [0.15, 0.2) is 0 Å². The van der Waals surface area contributed by atoms with Crippen LogP contribution in [0.15, 0.2) is 74.3 Å². The average molecular weight is 502 g/mol. The molecule has 3 nitrogen and oxygen atoms in total. The van der Waals surface area contributed by atoms with E-state index in [1.54, 1.807) is 61.3 Å². The molecule has 2 aliphatic heterocycles. The third-order valence-electron chi connectivity index (χ3n) is 4.46. The van der Waals surface area contributed by atoms with Gasteiger partial charge in [0.25, 0.3) is 0 Å². The van der Waals surface area contributed by atoms with Crippen molar-refractivity contribution in [1.29, 1.82) is 5.26 Å². The van der Waals surface area contributed by atoms with Crippen LogP contribution < -0.4 is 9.47 Å². The molecule has 0 atom stereocenters. The standard InChI is InChI=1S/C23H19NO2S5/c1-6-13-7-9-14(10-8-13)27-15(11-24)23-30-20-16(25-4)18-19(17(26-5)21(20)31-23)29-22(28-18)12(2)3/h6-10H,1H2,2-5H3. The summed E-state index contributed by atoms with van der Waals surface area (Å²) in [6, 6.07) is 10.4. The van der Waals surface area contributed by atoms with Crippen molar-refractivity contribution in [1.82, 2.24) is 0 Å². The molecule has 0 N–H and O–H groups in total. The Bertz CT molecular complexity index is 1130. The Morgan fingerprint density at radius 3 is 1.77 bits per heavy atom. The molecule has 4 rings (SSSR count). The lowest BCUT2D eigenvalue weighted by molar-refractivity contribution is 0.365. The molecule has 0 spiro atoms. The molecule has 0 saturated heterocycles. The van der Waals surface area contributed by atoms with E-state index in [1.165, 1.54) is 21.6 Å². The molecule has 0 unspecified atom stereocenters. The van der Waals surface area contributed by atoms with E-state index in [0.717, 1.165) is 45.8 Å². The summed E-state index contributed by atoms with van der Waals surface area (Å²) in [6.45, 7) is 8.03. The third-order valence-corrected chi connectivity index (χ3v) is 11.3. The number of ether oxygens (including phenoxy) is 2. The molecule has 0 radical (unpaired) electrons. The Morgan fingerprint density at radius 2 is 1.39 bits per heavy atom. The fraction of sp³-hybridized carbons (Fsp3) is 0.174. The quantitative estimate of drug-likeness (QED) is 0.298. The Balaban J connectivity index is 1.75. The van der Waals surface area contributed by atoms with Gasteiger partial charge >= 0.3 is 0 Å². The van der Waals surface area contributed by atoms with Crippen LogP contribution in [-0.4, -0.2) is 14.2 Å². The number of hydrogen-bond donors (Lipinski definition) is 0. The summed E-state index contributed by atoms with van der Waals surface area (Å²) >= 11 is 8.13. The van der Waals surface area contributed by atoms with Gasteiger partial charge in [-0.2, -0.15) is 5.26 Å². The minimum atomic E-state index is 0.673. The van der Waals surface area contributed by atoms with E-state index in [-0.39, 0.29) is 0 Å². The van der Waals surface area contributed by atoms with Crippen molar-refractivity contribution in [3.8, 4) is 17.6 Å². The van der Waals surface area contributed by atoms with Crippen LogP contribution in [0.5, 0.6) is 11.5 Å². The molecular weight excluding hydrogens is 483 g/mol. The largest absolute Gasteiger partial charge is 0.494 e. The fourth-order valence-electron chi connectivity index (χ4n) is 2.97. The predicted molar refractivity (Wildman–Crippen MR) is 136 cm³/mol. The predicted octanol–water partition coefficient (Wildman–Crippen LogP) is 8.48. The molecule has 0 bridgehead atoms. The van der Waals surface area contributed by atoms with Crippen LogP contribution in [0.1, 0.15) is 19.4 Å². The lowest BCUT2D eigenvalue weighted by atomic mass is 10.2. The van der Waals surface area contributed by atoms with Gasteiger partial charge in [0, 0.05) is 9.13 Å². The number of methoxy groups -OCH3 is 2. The van der Waals surface area contributed by atoms with Crippen molar-refractivity contribution >= 4 is 64.9 Å². The molecule has 158 valence electrons. The first-order valence-corrected chi connectivity index (χ1v) is 13.3. The normalized spacial score (nSPS) is 14.0. The number of thioether (sulfide) groups is 5. The Hall–Kier alpha value is -1.50.